The predicted octanol–water partition coefficient (Wildman–Crippen LogP) is 5.15. The van der Waals surface area contributed by atoms with Crippen molar-refractivity contribution in [2.45, 2.75) is 57.5 Å². The van der Waals surface area contributed by atoms with Crippen LogP contribution >= 0.6 is 8.25 Å². The van der Waals surface area contributed by atoms with Crippen LogP contribution < -0.4 is 0 Å². The summed E-state index contributed by atoms with van der Waals surface area (Å²) in [4.78, 5) is 9.49. The Labute approximate surface area is 206 Å². The molecule has 1 unspecified atom stereocenters. The lowest BCUT2D eigenvalue weighted by atomic mass is 9.98. The van der Waals surface area contributed by atoms with Gasteiger partial charge in [-0.15, -0.1) is 4.89 Å². The summed E-state index contributed by atoms with van der Waals surface area (Å²) < 4.78 is 41.7. The number of hydrogen-bond acceptors (Lipinski definition) is 6. The second-order valence-electron chi connectivity index (χ2n) is 8.34. The minimum Gasteiger partial charge on any atom is -0.368 e. The SMILES string of the molecule is C[C@@H]1O[C@@H](O[P+](=O)O)[C@H](OCc2ccccc2)[C@H](OCc2ccccc2)[C@H]1OCc1ccccc1. The molecule has 0 radical (unpaired) electrons. The summed E-state index contributed by atoms with van der Waals surface area (Å²) in [5.41, 5.74) is 2.95. The monoisotopic (exact) mass is 497 g/mol. The second-order valence-corrected chi connectivity index (χ2v) is 9.02. The van der Waals surface area contributed by atoms with Crippen molar-refractivity contribution in [3.63, 3.8) is 0 Å². The number of ether oxygens (including phenoxy) is 4. The Morgan fingerprint density at radius 2 is 1.09 bits per heavy atom. The van der Waals surface area contributed by atoms with Gasteiger partial charge in [0.25, 0.3) is 0 Å². The van der Waals surface area contributed by atoms with Crippen molar-refractivity contribution in [2.75, 3.05) is 0 Å². The van der Waals surface area contributed by atoms with Crippen molar-refractivity contribution in [2.24, 2.45) is 0 Å². The topological polar surface area (TPSA) is 83.5 Å². The van der Waals surface area contributed by atoms with Crippen LogP contribution in [0.25, 0.3) is 0 Å². The van der Waals surface area contributed by atoms with Gasteiger partial charge in [0.2, 0.25) is 6.29 Å². The molecule has 3 aromatic rings. The molecule has 1 aliphatic heterocycles. The van der Waals surface area contributed by atoms with E-state index >= 15 is 0 Å². The van der Waals surface area contributed by atoms with Gasteiger partial charge in [0.05, 0.1) is 25.9 Å². The quantitative estimate of drug-likeness (QED) is 0.367. The zero-order valence-electron chi connectivity index (χ0n) is 19.5. The first kappa shape index (κ1) is 25.6. The van der Waals surface area contributed by atoms with Crippen LogP contribution in [0, 0.1) is 0 Å². The Morgan fingerprint density at radius 1 is 0.686 bits per heavy atom. The lowest BCUT2D eigenvalue weighted by molar-refractivity contribution is -0.300. The van der Waals surface area contributed by atoms with Crippen molar-refractivity contribution >= 4 is 8.25 Å². The number of benzene rings is 3. The zero-order valence-corrected chi connectivity index (χ0v) is 20.4. The highest BCUT2D eigenvalue weighted by atomic mass is 31.1. The first-order valence-corrected chi connectivity index (χ1v) is 12.7. The van der Waals surface area contributed by atoms with Crippen molar-refractivity contribution in [1.82, 2.24) is 0 Å². The highest BCUT2D eigenvalue weighted by Crippen LogP contribution is 2.34. The van der Waals surface area contributed by atoms with E-state index in [9.17, 15) is 9.46 Å². The molecule has 1 fully saturated rings. The highest BCUT2D eigenvalue weighted by molar-refractivity contribution is 7.32. The van der Waals surface area contributed by atoms with Crippen LogP contribution in [-0.2, 0) is 47.9 Å². The van der Waals surface area contributed by atoms with E-state index in [2.05, 4.69) is 0 Å². The summed E-state index contributed by atoms with van der Waals surface area (Å²) in [6.45, 7) is 2.76. The Hall–Kier alpha value is -2.48. The van der Waals surface area contributed by atoms with Gasteiger partial charge in [-0.2, -0.15) is 0 Å². The molecule has 0 saturated carbocycles. The third-order valence-electron chi connectivity index (χ3n) is 5.78. The van der Waals surface area contributed by atoms with Crippen LogP contribution in [-0.4, -0.2) is 35.6 Å². The summed E-state index contributed by atoms with van der Waals surface area (Å²) in [5.74, 6) is 0. The Balaban J connectivity index is 1.57. The number of rotatable bonds is 11. The normalized spacial score (nSPS) is 24.7. The van der Waals surface area contributed by atoms with Crippen LogP contribution in [0.1, 0.15) is 23.6 Å². The van der Waals surface area contributed by atoms with Gasteiger partial charge in [0.15, 0.2) is 0 Å². The maximum Gasteiger partial charge on any atom is 0.697 e. The molecule has 4 rings (SSSR count). The van der Waals surface area contributed by atoms with Gasteiger partial charge in [-0.25, -0.2) is 0 Å². The lowest BCUT2D eigenvalue weighted by Crippen LogP contribution is -2.59. The molecule has 1 N–H and O–H groups in total. The van der Waals surface area contributed by atoms with Gasteiger partial charge in [-0.1, -0.05) is 95.5 Å². The fraction of sp³-hybridized carbons (Fsp3) is 0.333. The molecular weight excluding hydrogens is 467 g/mol. The molecule has 8 heteroatoms. The van der Waals surface area contributed by atoms with Crippen LogP contribution in [0.4, 0.5) is 0 Å². The average Bonchev–Trinajstić information content (AvgIpc) is 2.88. The summed E-state index contributed by atoms with van der Waals surface area (Å²) in [6.07, 6.45) is -3.50. The van der Waals surface area contributed by atoms with E-state index in [0.717, 1.165) is 16.7 Å². The molecule has 3 aromatic carbocycles. The van der Waals surface area contributed by atoms with Gasteiger partial charge < -0.3 is 18.9 Å². The van der Waals surface area contributed by atoms with Crippen molar-refractivity contribution in [3.8, 4) is 0 Å². The lowest BCUT2D eigenvalue weighted by Gasteiger charge is -2.43. The minimum atomic E-state index is -2.92. The zero-order chi connectivity index (χ0) is 24.5. The van der Waals surface area contributed by atoms with E-state index in [0.29, 0.717) is 13.2 Å². The van der Waals surface area contributed by atoms with E-state index < -0.39 is 39.0 Å². The molecule has 0 bridgehead atoms. The fourth-order valence-electron chi connectivity index (χ4n) is 4.04. The minimum absolute atomic E-state index is 0.252. The molecule has 0 aromatic heterocycles. The molecule has 1 aliphatic rings. The van der Waals surface area contributed by atoms with Crippen molar-refractivity contribution in [1.29, 1.82) is 0 Å². The highest BCUT2D eigenvalue weighted by Gasteiger charge is 2.50. The molecule has 35 heavy (non-hydrogen) atoms. The Morgan fingerprint density at radius 3 is 1.51 bits per heavy atom. The molecule has 7 nitrogen and oxygen atoms in total. The van der Waals surface area contributed by atoms with E-state index in [1.807, 2.05) is 97.9 Å². The van der Waals surface area contributed by atoms with Crippen LogP contribution in [0.3, 0.4) is 0 Å². The van der Waals surface area contributed by atoms with Gasteiger partial charge in [0, 0.05) is 4.57 Å². The summed E-state index contributed by atoms with van der Waals surface area (Å²) in [6, 6.07) is 29.3. The standard InChI is InChI=1S/C27H29O7P/c1-20-24(30-17-21-11-5-2-6-12-21)25(31-18-22-13-7-3-8-14-22)26(27(33-20)34-35(28)29)32-19-23-15-9-4-10-16-23/h2-16,20,24-27H,17-19H2,1H3/p+1/t20-,24-,25+,26+,27-/m0/s1. The molecule has 1 saturated heterocycles. The largest absolute Gasteiger partial charge is 0.697 e. The van der Waals surface area contributed by atoms with Crippen LogP contribution in [0.15, 0.2) is 91.0 Å². The third kappa shape index (κ3) is 7.50. The third-order valence-corrected chi connectivity index (χ3v) is 6.17. The van der Waals surface area contributed by atoms with E-state index in [-0.39, 0.29) is 6.61 Å². The van der Waals surface area contributed by atoms with Gasteiger partial charge in [0.1, 0.15) is 18.3 Å². The van der Waals surface area contributed by atoms with E-state index in [4.69, 9.17) is 23.5 Å². The summed E-state index contributed by atoms with van der Waals surface area (Å²) in [5, 5.41) is 0. The van der Waals surface area contributed by atoms with Crippen molar-refractivity contribution in [3.05, 3.63) is 108 Å². The smallest absolute Gasteiger partial charge is 0.368 e. The fourth-order valence-corrected chi connectivity index (χ4v) is 4.39. The Bertz CT molecular complexity index is 1040. The average molecular weight is 498 g/mol. The number of hydrogen-bond donors (Lipinski definition) is 1. The predicted molar refractivity (Wildman–Crippen MR) is 130 cm³/mol. The van der Waals surface area contributed by atoms with Gasteiger partial charge >= 0.3 is 8.25 Å². The van der Waals surface area contributed by atoms with Gasteiger partial charge in [-0.05, 0) is 23.6 Å². The first-order chi connectivity index (χ1) is 17.1. The van der Waals surface area contributed by atoms with E-state index in [1.165, 1.54) is 0 Å². The van der Waals surface area contributed by atoms with E-state index in [1.54, 1.807) is 0 Å². The molecule has 0 spiro atoms. The molecule has 1 heterocycles. The first-order valence-electron chi connectivity index (χ1n) is 11.5. The molecule has 184 valence electrons. The summed E-state index contributed by atoms with van der Waals surface area (Å²) in [7, 11) is -2.92. The Kier molecular flexibility index (Phi) is 9.51. The molecule has 0 amide bonds. The molecular formula is C27H30O7P+. The summed E-state index contributed by atoms with van der Waals surface area (Å²) >= 11 is 0. The maximum absolute atomic E-state index is 11.6. The van der Waals surface area contributed by atoms with Crippen molar-refractivity contribution < 1.29 is 32.9 Å². The molecule has 6 atom stereocenters. The maximum atomic E-state index is 11.6. The van der Waals surface area contributed by atoms with Crippen LogP contribution in [0.2, 0.25) is 0 Å². The van der Waals surface area contributed by atoms with Gasteiger partial charge in [-0.3, -0.25) is 0 Å². The van der Waals surface area contributed by atoms with Crippen LogP contribution in [0.5, 0.6) is 0 Å². The molecule has 0 aliphatic carbocycles. The second kappa shape index (κ2) is 13.0.